The van der Waals surface area contributed by atoms with E-state index in [-0.39, 0.29) is 17.6 Å². The molecule has 2 amide bonds. The molecule has 7 heteroatoms. The second kappa shape index (κ2) is 10.3. The van der Waals surface area contributed by atoms with Crippen LogP contribution in [-0.2, 0) is 4.79 Å². The Hall–Kier alpha value is -2.54. The van der Waals surface area contributed by atoms with Gasteiger partial charge in [0, 0.05) is 25.3 Å². The van der Waals surface area contributed by atoms with E-state index in [2.05, 4.69) is 25.2 Å². The third-order valence-electron chi connectivity index (χ3n) is 4.66. The average Bonchev–Trinajstić information content (AvgIpc) is 3.26. The number of hydrogen-bond acceptors (Lipinski definition) is 5. The van der Waals surface area contributed by atoms with Crippen molar-refractivity contribution < 1.29 is 14.0 Å². The first-order valence-electron chi connectivity index (χ1n) is 9.98. The zero-order valence-electron chi connectivity index (χ0n) is 16.9. The topological polar surface area (TPSA) is 74.9 Å². The molecule has 0 unspecified atom stereocenters. The number of carbonyl (C=O) groups excluding carboxylic acids is 2. The van der Waals surface area contributed by atoms with Crippen LogP contribution in [0.5, 0.6) is 0 Å². The molecule has 2 heterocycles. The molecular weight excluding hydrogens is 386 g/mol. The lowest BCUT2D eigenvalue weighted by atomic mass is 10.0. The summed E-state index contributed by atoms with van der Waals surface area (Å²) in [5, 5.41) is 3.55. The predicted octanol–water partition coefficient (Wildman–Crippen LogP) is 4.57. The first kappa shape index (κ1) is 21.2. The van der Waals surface area contributed by atoms with E-state index in [0.29, 0.717) is 31.8 Å². The van der Waals surface area contributed by atoms with Crippen LogP contribution in [0, 0.1) is 0 Å². The third kappa shape index (κ3) is 5.73. The first-order valence-corrected chi connectivity index (χ1v) is 11.0. The number of benzene rings is 1. The van der Waals surface area contributed by atoms with E-state index in [1.807, 2.05) is 18.2 Å². The Labute approximate surface area is 175 Å². The van der Waals surface area contributed by atoms with Crippen molar-refractivity contribution in [3.05, 3.63) is 54.0 Å². The van der Waals surface area contributed by atoms with Crippen LogP contribution in [0.4, 0.5) is 5.69 Å². The van der Waals surface area contributed by atoms with Gasteiger partial charge in [0.15, 0.2) is 10.9 Å². The molecule has 6 nitrogen and oxygen atoms in total. The molecule has 1 saturated heterocycles. The van der Waals surface area contributed by atoms with Gasteiger partial charge in [0.2, 0.25) is 5.91 Å². The van der Waals surface area contributed by atoms with Gasteiger partial charge < -0.3 is 9.73 Å². The minimum Gasteiger partial charge on any atom is -0.459 e. The normalized spacial score (nSPS) is 15.7. The predicted molar refractivity (Wildman–Crippen MR) is 117 cm³/mol. The molecule has 0 bridgehead atoms. The molecule has 0 atom stereocenters. The van der Waals surface area contributed by atoms with Crippen molar-refractivity contribution in [1.29, 1.82) is 0 Å². The fourth-order valence-corrected chi connectivity index (χ4v) is 4.10. The Morgan fingerprint density at radius 1 is 1.24 bits per heavy atom. The lowest BCUT2D eigenvalue weighted by Gasteiger charge is -2.28. The molecule has 1 aromatic heterocycles. The molecule has 1 aliphatic heterocycles. The largest absolute Gasteiger partial charge is 0.459 e. The van der Waals surface area contributed by atoms with E-state index in [1.54, 1.807) is 28.8 Å². The molecule has 1 fully saturated rings. The minimum atomic E-state index is -0.261. The van der Waals surface area contributed by atoms with Crippen LogP contribution in [0.2, 0.25) is 0 Å². The maximum Gasteiger partial charge on any atom is 0.286 e. The highest BCUT2D eigenvalue weighted by Gasteiger charge is 2.24. The van der Waals surface area contributed by atoms with Gasteiger partial charge in [-0.05, 0) is 42.5 Å². The highest BCUT2D eigenvalue weighted by molar-refractivity contribution is 8.13. The molecular formula is C22H27N3O3S. The second-order valence-corrected chi connectivity index (χ2v) is 8.25. The summed E-state index contributed by atoms with van der Waals surface area (Å²) in [6.45, 7) is 5.40. The lowest BCUT2D eigenvalue weighted by molar-refractivity contribution is -0.127. The number of rotatable bonds is 7. The van der Waals surface area contributed by atoms with Crippen molar-refractivity contribution in [2.24, 2.45) is 4.99 Å². The van der Waals surface area contributed by atoms with Gasteiger partial charge in [0.25, 0.3) is 5.91 Å². The summed E-state index contributed by atoms with van der Waals surface area (Å²) < 4.78 is 5.06. The smallest absolute Gasteiger partial charge is 0.286 e. The number of nitrogens with zero attached hydrogens (tertiary/aromatic N) is 2. The number of aliphatic imine (C=N–C) groups is 1. The summed E-state index contributed by atoms with van der Waals surface area (Å²) in [6.07, 6.45) is 3.35. The van der Waals surface area contributed by atoms with Gasteiger partial charge in [0.05, 0.1) is 12.0 Å². The number of amidine groups is 1. The van der Waals surface area contributed by atoms with Crippen LogP contribution in [0.1, 0.15) is 55.1 Å². The molecule has 1 N–H and O–H groups in total. The maximum atomic E-state index is 12.8. The maximum absolute atomic E-state index is 12.8. The zero-order chi connectivity index (χ0) is 20.6. The number of carbonyl (C=O) groups is 2. The summed E-state index contributed by atoms with van der Waals surface area (Å²) in [7, 11) is 0. The average molecular weight is 414 g/mol. The number of amides is 2. The van der Waals surface area contributed by atoms with Crippen LogP contribution < -0.4 is 5.32 Å². The molecule has 154 valence electrons. The van der Waals surface area contributed by atoms with E-state index >= 15 is 0 Å². The summed E-state index contributed by atoms with van der Waals surface area (Å²) in [5.41, 5.74) is 2.11. The van der Waals surface area contributed by atoms with E-state index in [4.69, 9.17) is 9.41 Å². The first-order chi connectivity index (χ1) is 14.1. The van der Waals surface area contributed by atoms with Gasteiger partial charge in [-0.2, -0.15) is 0 Å². The van der Waals surface area contributed by atoms with Gasteiger partial charge in [-0.1, -0.05) is 43.8 Å². The monoisotopic (exact) mass is 413 g/mol. The fourth-order valence-electron chi connectivity index (χ4n) is 3.14. The molecule has 3 rings (SSSR count). The van der Waals surface area contributed by atoms with Crippen molar-refractivity contribution in [3.63, 3.8) is 0 Å². The Morgan fingerprint density at radius 2 is 2.07 bits per heavy atom. The van der Waals surface area contributed by atoms with Crippen molar-refractivity contribution in [2.75, 3.05) is 18.8 Å². The molecule has 2 aromatic rings. The second-order valence-electron chi connectivity index (χ2n) is 7.19. The molecule has 1 aliphatic rings. The Bertz CT molecular complexity index is 862. The number of hydrogen-bond donors (Lipinski definition) is 1. The van der Waals surface area contributed by atoms with Crippen LogP contribution in [0.25, 0.3) is 0 Å². The van der Waals surface area contributed by atoms with Crippen molar-refractivity contribution >= 4 is 34.4 Å². The van der Waals surface area contributed by atoms with Gasteiger partial charge >= 0.3 is 0 Å². The van der Waals surface area contributed by atoms with E-state index in [0.717, 1.165) is 23.0 Å². The minimum absolute atomic E-state index is 0.0465. The van der Waals surface area contributed by atoms with E-state index < -0.39 is 0 Å². The fraction of sp³-hybridized carbons (Fsp3) is 0.409. The SMILES string of the molecule is CC(C)c1ccccc1N=C1SCCCN1C(=O)CCCNC(=O)c1ccco1. The zero-order valence-corrected chi connectivity index (χ0v) is 17.7. The van der Waals surface area contributed by atoms with Gasteiger partial charge in [-0.25, -0.2) is 4.99 Å². The Kier molecular flexibility index (Phi) is 7.52. The molecule has 29 heavy (non-hydrogen) atoms. The quantitative estimate of drug-likeness (QED) is 0.675. The lowest BCUT2D eigenvalue weighted by Crippen LogP contribution is -2.39. The van der Waals surface area contributed by atoms with Crippen LogP contribution in [-0.4, -0.2) is 40.7 Å². The molecule has 0 radical (unpaired) electrons. The summed E-state index contributed by atoms with van der Waals surface area (Å²) in [6, 6.07) is 11.4. The highest BCUT2D eigenvalue weighted by Crippen LogP contribution is 2.29. The summed E-state index contributed by atoms with van der Waals surface area (Å²) in [4.78, 5) is 31.3. The summed E-state index contributed by atoms with van der Waals surface area (Å²) in [5.74, 6) is 1.40. The molecule has 0 saturated carbocycles. The van der Waals surface area contributed by atoms with E-state index in [9.17, 15) is 9.59 Å². The Morgan fingerprint density at radius 3 is 2.83 bits per heavy atom. The van der Waals surface area contributed by atoms with Crippen LogP contribution in [0.15, 0.2) is 52.1 Å². The van der Waals surface area contributed by atoms with Crippen molar-refractivity contribution in [3.8, 4) is 0 Å². The van der Waals surface area contributed by atoms with Gasteiger partial charge in [0.1, 0.15) is 0 Å². The van der Waals surface area contributed by atoms with Crippen LogP contribution >= 0.6 is 11.8 Å². The molecule has 0 aliphatic carbocycles. The Balaban J connectivity index is 1.59. The van der Waals surface area contributed by atoms with Crippen LogP contribution in [0.3, 0.4) is 0 Å². The standard InChI is InChI=1S/C22H27N3O3S/c1-16(2)17-8-3-4-9-18(17)24-22-25(13-7-15-29-22)20(26)11-5-12-23-21(27)19-10-6-14-28-19/h3-4,6,8-10,14,16H,5,7,11-13,15H2,1-2H3,(H,23,27). The number of furan rings is 1. The molecule has 0 spiro atoms. The van der Waals surface area contributed by atoms with Gasteiger partial charge in [-0.15, -0.1) is 0 Å². The number of nitrogens with one attached hydrogen (secondary N) is 1. The van der Waals surface area contributed by atoms with Crippen molar-refractivity contribution in [2.45, 2.75) is 39.0 Å². The summed E-state index contributed by atoms with van der Waals surface area (Å²) >= 11 is 1.63. The molecule has 1 aromatic carbocycles. The number of thioether (sulfide) groups is 1. The van der Waals surface area contributed by atoms with Crippen molar-refractivity contribution in [1.82, 2.24) is 10.2 Å². The highest BCUT2D eigenvalue weighted by atomic mass is 32.2. The van der Waals surface area contributed by atoms with E-state index in [1.165, 1.54) is 11.8 Å². The van der Waals surface area contributed by atoms with Gasteiger partial charge in [-0.3, -0.25) is 14.5 Å². The number of para-hydroxylation sites is 1. The third-order valence-corrected chi connectivity index (χ3v) is 5.72.